The molecule has 6 heteroatoms. The molecule has 3 aromatic carbocycles. The smallest absolute Gasteiger partial charge is 0.282 e. The number of benzene rings is 3. The molecule has 1 aliphatic heterocycles. The molecule has 0 saturated carbocycles. The number of anilines is 2. The van der Waals surface area contributed by atoms with Crippen molar-refractivity contribution in [1.82, 2.24) is 0 Å². The predicted molar refractivity (Wildman–Crippen MR) is 134 cm³/mol. The fourth-order valence-corrected chi connectivity index (χ4v) is 4.17. The molecular formula is C28H28N2O4. The summed E-state index contributed by atoms with van der Waals surface area (Å²) in [5, 5.41) is 3.21. The number of hydrogen-bond donors (Lipinski definition) is 1. The Labute approximate surface area is 199 Å². The second-order valence-corrected chi connectivity index (χ2v) is 8.33. The molecule has 0 bridgehead atoms. The first kappa shape index (κ1) is 23.1. The van der Waals surface area contributed by atoms with Gasteiger partial charge in [-0.05, 0) is 86.3 Å². The summed E-state index contributed by atoms with van der Waals surface area (Å²) in [6.45, 7) is 8.29. The molecule has 1 aliphatic rings. The van der Waals surface area contributed by atoms with E-state index in [4.69, 9.17) is 9.47 Å². The first-order valence-electron chi connectivity index (χ1n) is 11.2. The molecule has 0 aliphatic carbocycles. The first-order chi connectivity index (χ1) is 16.3. The third kappa shape index (κ3) is 4.39. The number of imide groups is 1. The highest BCUT2D eigenvalue weighted by atomic mass is 16.5. The van der Waals surface area contributed by atoms with Gasteiger partial charge in [0, 0.05) is 0 Å². The van der Waals surface area contributed by atoms with Gasteiger partial charge in [-0.1, -0.05) is 24.3 Å². The number of nitrogens with zero attached hydrogens (tertiary/aromatic N) is 1. The highest BCUT2D eigenvalue weighted by Crippen LogP contribution is 2.37. The monoisotopic (exact) mass is 456 g/mol. The number of carbonyl (C=O) groups is 2. The van der Waals surface area contributed by atoms with Crippen LogP contribution in [0.5, 0.6) is 11.5 Å². The molecule has 0 spiro atoms. The molecular weight excluding hydrogens is 428 g/mol. The molecule has 6 nitrogen and oxygen atoms in total. The van der Waals surface area contributed by atoms with E-state index in [0.717, 1.165) is 16.7 Å². The number of hydrogen-bond acceptors (Lipinski definition) is 5. The van der Waals surface area contributed by atoms with E-state index in [1.165, 1.54) is 4.90 Å². The van der Waals surface area contributed by atoms with Crippen molar-refractivity contribution in [2.75, 3.05) is 23.9 Å². The Balaban J connectivity index is 1.84. The van der Waals surface area contributed by atoms with Crippen LogP contribution in [0.1, 0.15) is 29.2 Å². The van der Waals surface area contributed by atoms with E-state index in [-0.39, 0.29) is 11.6 Å². The standard InChI is InChI=1S/C28H28N2O4/c1-6-34-22-10-8-20(9-11-22)25-26(29-23-16-17(2)7-12-24(23)33-5)28(32)30(27(25)31)21-14-18(3)13-19(4)15-21/h7-16,29H,6H2,1-5H3. The van der Waals surface area contributed by atoms with Gasteiger partial charge in [-0.15, -0.1) is 0 Å². The number of rotatable bonds is 7. The second kappa shape index (κ2) is 9.43. The van der Waals surface area contributed by atoms with E-state index in [0.29, 0.717) is 40.6 Å². The Morgan fingerprint density at radius 1 is 0.824 bits per heavy atom. The summed E-state index contributed by atoms with van der Waals surface area (Å²) in [4.78, 5) is 28.6. The van der Waals surface area contributed by atoms with Crippen molar-refractivity contribution in [2.24, 2.45) is 0 Å². The highest BCUT2D eigenvalue weighted by Gasteiger charge is 2.40. The Kier molecular flexibility index (Phi) is 6.41. The van der Waals surface area contributed by atoms with Gasteiger partial charge in [0.15, 0.2) is 0 Å². The lowest BCUT2D eigenvalue weighted by Crippen LogP contribution is -2.32. The molecule has 0 unspecified atom stereocenters. The van der Waals surface area contributed by atoms with Crippen LogP contribution in [0.4, 0.5) is 11.4 Å². The second-order valence-electron chi connectivity index (χ2n) is 8.33. The minimum atomic E-state index is -0.414. The van der Waals surface area contributed by atoms with Crippen LogP contribution in [0.3, 0.4) is 0 Å². The van der Waals surface area contributed by atoms with Gasteiger partial charge in [-0.3, -0.25) is 9.59 Å². The maximum Gasteiger partial charge on any atom is 0.282 e. The predicted octanol–water partition coefficient (Wildman–Crippen LogP) is 5.42. The summed E-state index contributed by atoms with van der Waals surface area (Å²) in [5.41, 5.74) is 5.23. The number of carbonyl (C=O) groups excluding carboxylic acids is 2. The number of nitrogens with one attached hydrogen (secondary N) is 1. The van der Waals surface area contributed by atoms with E-state index in [1.54, 1.807) is 31.4 Å². The molecule has 3 aromatic rings. The van der Waals surface area contributed by atoms with Crippen LogP contribution >= 0.6 is 0 Å². The fourth-order valence-electron chi connectivity index (χ4n) is 4.17. The van der Waals surface area contributed by atoms with Gasteiger partial charge in [-0.25, -0.2) is 4.90 Å². The third-order valence-corrected chi connectivity index (χ3v) is 5.62. The minimum absolute atomic E-state index is 0.206. The van der Waals surface area contributed by atoms with Gasteiger partial charge >= 0.3 is 0 Å². The van der Waals surface area contributed by atoms with Gasteiger partial charge in [0.1, 0.15) is 17.2 Å². The maximum absolute atomic E-state index is 13.7. The van der Waals surface area contributed by atoms with Crippen molar-refractivity contribution in [2.45, 2.75) is 27.7 Å². The maximum atomic E-state index is 13.7. The first-order valence-corrected chi connectivity index (χ1v) is 11.2. The quantitative estimate of drug-likeness (QED) is 0.481. The van der Waals surface area contributed by atoms with Gasteiger partial charge in [0.05, 0.1) is 30.7 Å². The average molecular weight is 457 g/mol. The van der Waals surface area contributed by atoms with E-state index < -0.39 is 5.91 Å². The van der Waals surface area contributed by atoms with Crippen LogP contribution in [-0.4, -0.2) is 25.5 Å². The molecule has 0 atom stereocenters. The van der Waals surface area contributed by atoms with E-state index in [2.05, 4.69) is 5.32 Å². The molecule has 2 amide bonds. The molecule has 1 N–H and O–H groups in total. The largest absolute Gasteiger partial charge is 0.495 e. The molecule has 174 valence electrons. The zero-order valence-electron chi connectivity index (χ0n) is 20.1. The summed E-state index contributed by atoms with van der Waals surface area (Å²) in [6, 6.07) is 18.5. The van der Waals surface area contributed by atoms with Crippen LogP contribution in [0.25, 0.3) is 5.57 Å². The summed E-state index contributed by atoms with van der Waals surface area (Å²) in [5.74, 6) is 0.481. The molecule has 0 radical (unpaired) electrons. The van der Waals surface area contributed by atoms with Crippen molar-refractivity contribution in [3.63, 3.8) is 0 Å². The van der Waals surface area contributed by atoms with Crippen molar-refractivity contribution < 1.29 is 19.1 Å². The molecule has 34 heavy (non-hydrogen) atoms. The van der Waals surface area contributed by atoms with Gasteiger partial charge < -0.3 is 14.8 Å². The van der Waals surface area contributed by atoms with E-state index >= 15 is 0 Å². The Morgan fingerprint density at radius 3 is 2.12 bits per heavy atom. The summed E-state index contributed by atoms with van der Waals surface area (Å²) < 4.78 is 11.0. The average Bonchev–Trinajstić information content (AvgIpc) is 3.03. The minimum Gasteiger partial charge on any atom is -0.495 e. The van der Waals surface area contributed by atoms with Crippen LogP contribution < -0.4 is 19.7 Å². The van der Waals surface area contributed by atoms with Crippen LogP contribution in [0.15, 0.2) is 66.4 Å². The number of amides is 2. The van der Waals surface area contributed by atoms with Crippen molar-refractivity contribution >= 4 is 28.8 Å². The van der Waals surface area contributed by atoms with Crippen LogP contribution in [-0.2, 0) is 9.59 Å². The van der Waals surface area contributed by atoms with Crippen molar-refractivity contribution in [1.29, 1.82) is 0 Å². The number of aryl methyl sites for hydroxylation is 3. The van der Waals surface area contributed by atoms with Crippen LogP contribution in [0, 0.1) is 20.8 Å². The zero-order chi connectivity index (χ0) is 24.4. The fraction of sp³-hybridized carbons (Fsp3) is 0.214. The molecule has 1 heterocycles. The van der Waals surface area contributed by atoms with Crippen molar-refractivity contribution in [3.05, 3.63) is 88.6 Å². The lowest BCUT2D eigenvalue weighted by Gasteiger charge is -2.17. The van der Waals surface area contributed by atoms with Gasteiger partial charge in [0.2, 0.25) is 0 Å². The topological polar surface area (TPSA) is 67.9 Å². The Morgan fingerprint density at radius 2 is 1.50 bits per heavy atom. The molecule has 0 aromatic heterocycles. The van der Waals surface area contributed by atoms with Gasteiger partial charge in [0.25, 0.3) is 11.8 Å². The third-order valence-electron chi connectivity index (χ3n) is 5.62. The Hall–Kier alpha value is -4.06. The SMILES string of the molecule is CCOc1ccc(C2=C(Nc3cc(C)ccc3OC)C(=O)N(c3cc(C)cc(C)c3)C2=O)cc1. The lowest BCUT2D eigenvalue weighted by molar-refractivity contribution is -0.120. The molecule has 0 fully saturated rings. The number of methoxy groups -OCH3 is 1. The highest BCUT2D eigenvalue weighted by molar-refractivity contribution is 6.46. The van der Waals surface area contributed by atoms with E-state index in [1.807, 2.05) is 64.1 Å². The summed E-state index contributed by atoms with van der Waals surface area (Å²) in [7, 11) is 1.57. The van der Waals surface area contributed by atoms with E-state index in [9.17, 15) is 9.59 Å². The van der Waals surface area contributed by atoms with Gasteiger partial charge in [-0.2, -0.15) is 0 Å². The summed E-state index contributed by atoms with van der Waals surface area (Å²) in [6.07, 6.45) is 0. The normalized spacial score (nSPS) is 13.5. The molecule has 4 rings (SSSR count). The zero-order valence-corrected chi connectivity index (χ0v) is 20.1. The lowest BCUT2D eigenvalue weighted by atomic mass is 10.0. The molecule has 0 saturated heterocycles. The Bertz CT molecular complexity index is 1270. The van der Waals surface area contributed by atoms with Crippen molar-refractivity contribution in [3.8, 4) is 11.5 Å². The summed E-state index contributed by atoms with van der Waals surface area (Å²) >= 11 is 0. The van der Waals surface area contributed by atoms with Crippen LogP contribution in [0.2, 0.25) is 0 Å². The number of ether oxygens (including phenoxy) is 2.